The lowest BCUT2D eigenvalue weighted by Crippen LogP contribution is -2.10. The Morgan fingerprint density at radius 2 is 2.38 bits per heavy atom. The van der Waals surface area contributed by atoms with Crippen molar-refractivity contribution in [3.8, 4) is 0 Å². The summed E-state index contributed by atoms with van der Waals surface area (Å²) in [5.41, 5.74) is 0. The van der Waals surface area contributed by atoms with Crippen molar-refractivity contribution in [2.24, 2.45) is 0 Å². The first-order valence-electron chi connectivity index (χ1n) is 2.18. The fourth-order valence-electron chi connectivity index (χ4n) is 0.547. The lowest BCUT2D eigenvalue weighted by atomic mass is 10.3. The van der Waals surface area contributed by atoms with Gasteiger partial charge in [0.25, 0.3) is 0 Å². The van der Waals surface area contributed by atoms with Gasteiger partial charge in [0, 0.05) is 6.54 Å². The molecule has 4 heteroatoms. The topological polar surface area (TPSA) is 29.1 Å². The fraction of sp³-hybridized carbons (Fsp3) is 0.750. The quantitative estimate of drug-likeness (QED) is 0.509. The highest BCUT2D eigenvalue weighted by atomic mass is 35.5. The van der Waals surface area contributed by atoms with Gasteiger partial charge in [-0.2, -0.15) is 0 Å². The molecular formula is C4H7ClFNO. The summed E-state index contributed by atoms with van der Waals surface area (Å²) < 4.78 is 11.9. The number of ketones is 1. The maximum Gasteiger partial charge on any atom is 0.181 e. The number of carbonyl (C=O) groups excluding carboxylic acids is 1. The van der Waals surface area contributed by atoms with Gasteiger partial charge in [0.2, 0.25) is 0 Å². The van der Waals surface area contributed by atoms with Gasteiger partial charge in [-0.3, -0.25) is 4.79 Å². The Morgan fingerprint density at radius 3 is 2.50 bits per heavy atom. The van der Waals surface area contributed by atoms with Crippen LogP contribution in [-0.4, -0.2) is 25.0 Å². The summed E-state index contributed by atoms with van der Waals surface area (Å²) in [5.74, 6) is -0.319. The van der Waals surface area contributed by atoms with Crippen LogP contribution in [0.4, 0.5) is 4.39 Å². The predicted molar refractivity (Wildman–Crippen MR) is 30.0 cm³/mol. The number of Topliss-reactive ketones (excluding diaryl/α,β-unsaturated/α-hetero) is 1. The maximum atomic E-state index is 11.9. The van der Waals surface area contributed by atoms with Crippen LogP contribution in [0.1, 0.15) is 0 Å². The molecule has 1 saturated heterocycles. The summed E-state index contributed by atoms with van der Waals surface area (Å²) in [5, 5.41) is 2.60. The molecule has 0 amide bonds. The third-order valence-corrected chi connectivity index (χ3v) is 0.972. The molecule has 8 heavy (non-hydrogen) atoms. The summed E-state index contributed by atoms with van der Waals surface area (Å²) in [4.78, 5) is 10.1. The number of hydrogen-bond acceptors (Lipinski definition) is 2. The van der Waals surface area contributed by atoms with Crippen molar-refractivity contribution in [2.75, 3.05) is 13.1 Å². The van der Waals surface area contributed by atoms with Crippen LogP contribution in [0.5, 0.6) is 0 Å². The average molecular weight is 140 g/mol. The zero-order valence-electron chi connectivity index (χ0n) is 4.19. The molecule has 0 aromatic rings. The van der Waals surface area contributed by atoms with E-state index in [1.54, 1.807) is 0 Å². The molecule has 0 aromatic carbocycles. The van der Waals surface area contributed by atoms with E-state index in [9.17, 15) is 9.18 Å². The minimum atomic E-state index is -1.24. The molecule has 2 nitrogen and oxygen atoms in total. The largest absolute Gasteiger partial charge is 0.307 e. The Morgan fingerprint density at radius 1 is 1.75 bits per heavy atom. The van der Waals surface area contributed by atoms with E-state index in [0.717, 1.165) is 0 Å². The second kappa shape index (κ2) is 2.99. The maximum absolute atomic E-state index is 11.9. The van der Waals surface area contributed by atoms with Gasteiger partial charge in [0.05, 0.1) is 6.54 Å². The standard InChI is InChI=1S/C4H6FNO.ClH/c5-3-1-6-2-4(3)7;/h3,6H,1-2H2;1H. The molecule has 1 atom stereocenters. The second-order valence-electron chi connectivity index (χ2n) is 1.56. The van der Waals surface area contributed by atoms with Crippen LogP contribution in [0.2, 0.25) is 0 Å². The van der Waals surface area contributed by atoms with E-state index >= 15 is 0 Å². The van der Waals surface area contributed by atoms with E-state index in [2.05, 4.69) is 5.32 Å². The first-order valence-corrected chi connectivity index (χ1v) is 2.18. The fourth-order valence-corrected chi connectivity index (χ4v) is 0.547. The molecule has 1 aliphatic heterocycles. The van der Waals surface area contributed by atoms with Crippen LogP contribution >= 0.6 is 12.4 Å². The lowest BCUT2D eigenvalue weighted by Gasteiger charge is -1.85. The van der Waals surface area contributed by atoms with Gasteiger partial charge < -0.3 is 5.32 Å². The van der Waals surface area contributed by atoms with E-state index in [0.29, 0.717) is 0 Å². The Bertz CT molecular complexity index is 98.0. The monoisotopic (exact) mass is 139 g/mol. The van der Waals surface area contributed by atoms with Gasteiger partial charge >= 0.3 is 0 Å². The first-order chi connectivity index (χ1) is 3.30. The van der Waals surface area contributed by atoms with Crippen LogP contribution in [0.25, 0.3) is 0 Å². The highest BCUT2D eigenvalue weighted by Crippen LogP contribution is 1.95. The van der Waals surface area contributed by atoms with E-state index in [4.69, 9.17) is 0 Å². The predicted octanol–water partition coefficient (Wildman–Crippen LogP) is -0.0814. The lowest BCUT2D eigenvalue weighted by molar-refractivity contribution is -0.120. The normalized spacial score (nSPS) is 27.6. The van der Waals surface area contributed by atoms with Crippen LogP contribution in [0, 0.1) is 0 Å². The van der Waals surface area contributed by atoms with Crippen molar-refractivity contribution in [1.29, 1.82) is 0 Å². The molecule has 1 unspecified atom stereocenters. The van der Waals surface area contributed by atoms with Crippen molar-refractivity contribution in [1.82, 2.24) is 5.32 Å². The number of halogens is 2. The molecule has 0 bridgehead atoms. The van der Waals surface area contributed by atoms with Crippen LogP contribution in [-0.2, 0) is 4.79 Å². The molecule has 48 valence electrons. The van der Waals surface area contributed by atoms with Crippen molar-refractivity contribution >= 4 is 18.2 Å². The van der Waals surface area contributed by atoms with Crippen LogP contribution in [0.3, 0.4) is 0 Å². The zero-order valence-corrected chi connectivity index (χ0v) is 5.00. The van der Waals surface area contributed by atoms with Gasteiger partial charge in [-0.05, 0) is 0 Å². The molecular weight excluding hydrogens is 133 g/mol. The minimum Gasteiger partial charge on any atom is -0.307 e. The Balaban J connectivity index is 0.000000490. The molecule has 1 rings (SSSR count). The molecule has 0 aromatic heterocycles. The molecule has 1 fully saturated rings. The molecule has 1 heterocycles. The summed E-state index contributed by atoms with van der Waals surface area (Å²) in [7, 11) is 0. The highest BCUT2D eigenvalue weighted by Gasteiger charge is 2.22. The third kappa shape index (κ3) is 1.42. The van der Waals surface area contributed by atoms with Crippen molar-refractivity contribution < 1.29 is 9.18 Å². The highest BCUT2D eigenvalue weighted by molar-refractivity contribution is 5.87. The van der Waals surface area contributed by atoms with Gasteiger partial charge in [-0.15, -0.1) is 12.4 Å². The average Bonchev–Trinajstić information content (AvgIpc) is 1.91. The molecule has 0 radical (unpaired) electrons. The zero-order chi connectivity index (χ0) is 5.28. The number of hydrogen-bond donors (Lipinski definition) is 1. The van der Waals surface area contributed by atoms with E-state index in [1.807, 2.05) is 0 Å². The number of alkyl halides is 1. The second-order valence-corrected chi connectivity index (χ2v) is 1.56. The number of rotatable bonds is 0. The van der Waals surface area contributed by atoms with E-state index < -0.39 is 6.17 Å². The Kier molecular flexibility index (Phi) is 2.94. The number of nitrogens with one attached hydrogen (secondary N) is 1. The Labute approximate surface area is 52.9 Å². The molecule has 0 aliphatic carbocycles. The smallest absolute Gasteiger partial charge is 0.181 e. The van der Waals surface area contributed by atoms with Gasteiger partial charge in [-0.25, -0.2) is 4.39 Å². The molecule has 1 aliphatic rings. The summed E-state index contributed by atoms with van der Waals surface area (Å²) in [6, 6.07) is 0. The van der Waals surface area contributed by atoms with Crippen LogP contribution < -0.4 is 5.32 Å². The Hall–Kier alpha value is -0.150. The number of carbonyl (C=O) groups is 1. The molecule has 1 N–H and O–H groups in total. The SMILES string of the molecule is Cl.O=C1CNCC1F. The first kappa shape index (κ1) is 7.85. The van der Waals surface area contributed by atoms with Crippen molar-refractivity contribution in [3.05, 3.63) is 0 Å². The van der Waals surface area contributed by atoms with Crippen molar-refractivity contribution in [2.45, 2.75) is 6.17 Å². The minimum absolute atomic E-state index is 0. The summed E-state index contributed by atoms with van der Waals surface area (Å²) in [6.45, 7) is 0.417. The van der Waals surface area contributed by atoms with E-state index in [-0.39, 0.29) is 31.3 Å². The van der Waals surface area contributed by atoms with Gasteiger partial charge in [0.15, 0.2) is 12.0 Å². The summed E-state index contributed by atoms with van der Waals surface area (Å²) in [6.07, 6.45) is -1.24. The van der Waals surface area contributed by atoms with E-state index in [1.165, 1.54) is 0 Å². The summed E-state index contributed by atoms with van der Waals surface area (Å²) >= 11 is 0. The van der Waals surface area contributed by atoms with Crippen molar-refractivity contribution in [3.63, 3.8) is 0 Å². The van der Waals surface area contributed by atoms with Crippen LogP contribution in [0.15, 0.2) is 0 Å². The molecule has 0 saturated carbocycles. The third-order valence-electron chi connectivity index (χ3n) is 0.972. The van der Waals surface area contributed by atoms with Gasteiger partial charge in [0.1, 0.15) is 0 Å². The van der Waals surface area contributed by atoms with Gasteiger partial charge in [-0.1, -0.05) is 0 Å². The molecule has 0 spiro atoms.